The number of ketones is 1. The highest BCUT2D eigenvalue weighted by atomic mass is 16.5. The first kappa shape index (κ1) is 17.2. The zero-order chi connectivity index (χ0) is 14.8. The SMILES string of the molecule is C=C(N)CCCC1CCC(CCCC(=O)CCCC)O1. The van der Waals surface area contributed by atoms with Gasteiger partial charge in [-0.3, -0.25) is 4.79 Å². The Morgan fingerprint density at radius 2 is 1.65 bits per heavy atom. The Hall–Kier alpha value is -0.830. The Labute approximate surface area is 123 Å². The van der Waals surface area contributed by atoms with Crippen LogP contribution in [-0.2, 0) is 9.53 Å². The average molecular weight is 281 g/mol. The third kappa shape index (κ3) is 7.68. The van der Waals surface area contributed by atoms with Crippen molar-refractivity contribution in [2.45, 2.75) is 89.8 Å². The second kappa shape index (κ2) is 9.98. The van der Waals surface area contributed by atoms with Crippen molar-refractivity contribution in [1.29, 1.82) is 0 Å². The number of allylic oxidation sites excluding steroid dienone is 1. The molecule has 1 rings (SSSR count). The van der Waals surface area contributed by atoms with Gasteiger partial charge in [0.05, 0.1) is 12.2 Å². The molecule has 116 valence electrons. The lowest BCUT2D eigenvalue weighted by Crippen LogP contribution is -2.12. The van der Waals surface area contributed by atoms with E-state index in [1.54, 1.807) is 0 Å². The molecule has 0 saturated carbocycles. The van der Waals surface area contributed by atoms with Crippen LogP contribution in [0.1, 0.15) is 77.6 Å². The fraction of sp³-hybridized carbons (Fsp3) is 0.824. The predicted molar refractivity (Wildman–Crippen MR) is 83.5 cm³/mol. The van der Waals surface area contributed by atoms with Gasteiger partial charge < -0.3 is 10.5 Å². The average Bonchev–Trinajstić information content (AvgIpc) is 2.84. The smallest absolute Gasteiger partial charge is 0.132 e. The van der Waals surface area contributed by atoms with E-state index in [1.807, 2.05) is 0 Å². The molecule has 2 N–H and O–H groups in total. The van der Waals surface area contributed by atoms with Crippen LogP contribution in [0.15, 0.2) is 12.3 Å². The van der Waals surface area contributed by atoms with Crippen molar-refractivity contribution in [3.05, 3.63) is 12.3 Å². The molecule has 2 atom stereocenters. The molecule has 0 bridgehead atoms. The molecular weight excluding hydrogens is 250 g/mol. The number of Topliss-reactive ketones (excluding diaryl/α,β-unsaturated/α-hetero) is 1. The molecule has 1 saturated heterocycles. The zero-order valence-corrected chi connectivity index (χ0v) is 13.0. The summed E-state index contributed by atoms with van der Waals surface area (Å²) < 4.78 is 6.02. The molecule has 0 aromatic rings. The number of nitrogens with two attached hydrogens (primary N) is 1. The van der Waals surface area contributed by atoms with Gasteiger partial charge in [0, 0.05) is 18.5 Å². The lowest BCUT2D eigenvalue weighted by Gasteiger charge is -2.13. The summed E-state index contributed by atoms with van der Waals surface area (Å²) in [5.41, 5.74) is 6.33. The normalized spacial score (nSPS) is 22.1. The summed E-state index contributed by atoms with van der Waals surface area (Å²) in [6.45, 7) is 5.84. The van der Waals surface area contributed by atoms with Gasteiger partial charge in [-0.05, 0) is 51.4 Å². The van der Waals surface area contributed by atoms with Gasteiger partial charge in [0.1, 0.15) is 5.78 Å². The highest BCUT2D eigenvalue weighted by Crippen LogP contribution is 2.27. The topological polar surface area (TPSA) is 52.3 Å². The van der Waals surface area contributed by atoms with E-state index in [9.17, 15) is 4.79 Å². The van der Waals surface area contributed by atoms with Crippen LogP contribution in [0.4, 0.5) is 0 Å². The molecule has 1 aliphatic heterocycles. The van der Waals surface area contributed by atoms with Gasteiger partial charge in [0.25, 0.3) is 0 Å². The number of rotatable bonds is 11. The van der Waals surface area contributed by atoms with E-state index in [2.05, 4.69) is 13.5 Å². The maximum atomic E-state index is 11.6. The first-order chi connectivity index (χ1) is 9.61. The van der Waals surface area contributed by atoms with Crippen LogP contribution < -0.4 is 5.73 Å². The lowest BCUT2D eigenvalue weighted by molar-refractivity contribution is -0.119. The van der Waals surface area contributed by atoms with Crippen molar-refractivity contribution in [3.8, 4) is 0 Å². The fourth-order valence-electron chi connectivity index (χ4n) is 2.79. The van der Waals surface area contributed by atoms with E-state index in [4.69, 9.17) is 10.5 Å². The van der Waals surface area contributed by atoms with Crippen LogP contribution >= 0.6 is 0 Å². The third-order valence-electron chi connectivity index (χ3n) is 4.01. The molecule has 1 aliphatic rings. The molecule has 3 heteroatoms. The van der Waals surface area contributed by atoms with E-state index in [1.165, 1.54) is 0 Å². The largest absolute Gasteiger partial charge is 0.403 e. The molecular formula is C17H31NO2. The third-order valence-corrected chi connectivity index (χ3v) is 4.01. The number of carbonyl (C=O) groups is 1. The molecule has 2 unspecified atom stereocenters. The summed E-state index contributed by atoms with van der Waals surface area (Å²) in [7, 11) is 0. The van der Waals surface area contributed by atoms with Crippen molar-refractivity contribution in [2.24, 2.45) is 5.73 Å². The minimum absolute atomic E-state index is 0.375. The van der Waals surface area contributed by atoms with Crippen molar-refractivity contribution in [1.82, 2.24) is 0 Å². The Balaban J connectivity index is 2.03. The maximum absolute atomic E-state index is 11.6. The molecule has 0 aromatic heterocycles. The quantitative estimate of drug-likeness (QED) is 0.620. The first-order valence-corrected chi connectivity index (χ1v) is 8.22. The summed E-state index contributed by atoms with van der Waals surface area (Å²) in [5, 5.41) is 0. The Bertz CT molecular complexity index is 301. The van der Waals surface area contributed by atoms with Crippen molar-refractivity contribution in [3.63, 3.8) is 0 Å². The summed E-state index contributed by atoms with van der Waals surface area (Å²) >= 11 is 0. The number of ether oxygens (including phenoxy) is 1. The van der Waals surface area contributed by atoms with Gasteiger partial charge in [0.2, 0.25) is 0 Å². The second-order valence-electron chi connectivity index (χ2n) is 6.04. The summed E-state index contributed by atoms with van der Waals surface area (Å²) in [4.78, 5) is 11.6. The lowest BCUT2D eigenvalue weighted by atomic mass is 10.0. The van der Waals surface area contributed by atoms with Crippen LogP contribution in [-0.4, -0.2) is 18.0 Å². The molecule has 0 radical (unpaired) electrons. The number of carbonyl (C=O) groups excluding carboxylic acids is 1. The summed E-state index contributed by atoms with van der Waals surface area (Å²) in [6.07, 6.45) is 11.8. The number of unbranched alkanes of at least 4 members (excludes halogenated alkanes) is 1. The fourth-order valence-corrected chi connectivity index (χ4v) is 2.79. The number of hydrogen-bond donors (Lipinski definition) is 1. The molecule has 0 aliphatic carbocycles. The van der Waals surface area contributed by atoms with E-state index < -0.39 is 0 Å². The zero-order valence-electron chi connectivity index (χ0n) is 13.0. The highest BCUT2D eigenvalue weighted by Gasteiger charge is 2.24. The van der Waals surface area contributed by atoms with E-state index in [0.29, 0.717) is 18.0 Å². The minimum Gasteiger partial charge on any atom is -0.403 e. The van der Waals surface area contributed by atoms with Crippen LogP contribution in [0, 0.1) is 0 Å². The van der Waals surface area contributed by atoms with Gasteiger partial charge in [-0.25, -0.2) is 0 Å². The molecule has 0 amide bonds. The molecule has 1 heterocycles. The van der Waals surface area contributed by atoms with Gasteiger partial charge in [-0.15, -0.1) is 0 Å². The van der Waals surface area contributed by atoms with Crippen LogP contribution in [0.5, 0.6) is 0 Å². The minimum atomic E-state index is 0.375. The Kier molecular flexibility index (Phi) is 8.59. The summed E-state index contributed by atoms with van der Waals surface area (Å²) in [6, 6.07) is 0. The monoisotopic (exact) mass is 281 g/mol. The van der Waals surface area contributed by atoms with Gasteiger partial charge in [-0.1, -0.05) is 19.9 Å². The molecule has 1 fully saturated rings. The highest BCUT2D eigenvalue weighted by molar-refractivity contribution is 5.78. The van der Waals surface area contributed by atoms with Crippen LogP contribution in [0.2, 0.25) is 0 Å². The molecule has 0 aromatic carbocycles. The van der Waals surface area contributed by atoms with Gasteiger partial charge in [0.15, 0.2) is 0 Å². The Morgan fingerprint density at radius 3 is 2.20 bits per heavy atom. The van der Waals surface area contributed by atoms with E-state index >= 15 is 0 Å². The second-order valence-corrected chi connectivity index (χ2v) is 6.04. The summed E-state index contributed by atoms with van der Waals surface area (Å²) in [5.74, 6) is 0.419. The Morgan fingerprint density at radius 1 is 1.10 bits per heavy atom. The first-order valence-electron chi connectivity index (χ1n) is 8.22. The van der Waals surface area contributed by atoms with Crippen LogP contribution in [0.3, 0.4) is 0 Å². The van der Waals surface area contributed by atoms with Gasteiger partial charge >= 0.3 is 0 Å². The molecule has 20 heavy (non-hydrogen) atoms. The van der Waals surface area contributed by atoms with Crippen LogP contribution in [0.25, 0.3) is 0 Å². The molecule has 0 spiro atoms. The maximum Gasteiger partial charge on any atom is 0.132 e. The molecule has 3 nitrogen and oxygen atoms in total. The van der Waals surface area contributed by atoms with Crippen molar-refractivity contribution < 1.29 is 9.53 Å². The van der Waals surface area contributed by atoms with Crippen molar-refractivity contribution >= 4 is 5.78 Å². The van der Waals surface area contributed by atoms with Gasteiger partial charge in [-0.2, -0.15) is 0 Å². The standard InChI is InChI=1S/C17H31NO2/c1-3-4-8-15(19)9-6-11-17-13-12-16(20-17)10-5-7-14(2)18/h16-17H,2-13,18H2,1H3. The van der Waals surface area contributed by atoms with E-state index in [0.717, 1.165) is 76.3 Å². The number of hydrogen-bond acceptors (Lipinski definition) is 3. The van der Waals surface area contributed by atoms with Crippen molar-refractivity contribution in [2.75, 3.05) is 0 Å². The predicted octanol–water partition coefficient (Wildman–Crippen LogP) is 4.11. The van der Waals surface area contributed by atoms with E-state index in [-0.39, 0.29) is 0 Å².